The minimum atomic E-state index is 0.172. The van der Waals surface area contributed by atoms with Gasteiger partial charge in [0.25, 0.3) is 0 Å². The smallest absolute Gasteiger partial charge is 0.227 e. The zero-order valence-electron chi connectivity index (χ0n) is 14.1. The van der Waals surface area contributed by atoms with Crippen molar-refractivity contribution in [3.63, 3.8) is 0 Å². The Kier molecular flexibility index (Phi) is 6.03. The van der Waals surface area contributed by atoms with Crippen LogP contribution in [0.25, 0.3) is 0 Å². The molecule has 6 heteroatoms. The van der Waals surface area contributed by atoms with Crippen molar-refractivity contribution in [3.05, 3.63) is 33.8 Å². The molecule has 24 heavy (non-hydrogen) atoms. The van der Waals surface area contributed by atoms with Gasteiger partial charge in [0.15, 0.2) is 0 Å². The van der Waals surface area contributed by atoms with Crippen LogP contribution in [-0.2, 0) is 11.2 Å². The molecule has 0 aliphatic carbocycles. The summed E-state index contributed by atoms with van der Waals surface area (Å²) in [6.45, 7) is 7.03. The second-order valence-electron chi connectivity index (χ2n) is 6.77. The Morgan fingerprint density at radius 2 is 2.00 bits per heavy atom. The van der Waals surface area contributed by atoms with Gasteiger partial charge in [0.1, 0.15) is 0 Å². The van der Waals surface area contributed by atoms with E-state index in [2.05, 4.69) is 22.0 Å². The van der Waals surface area contributed by atoms with Crippen LogP contribution in [0.1, 0.15) is 25.3 Å². The number of hydrogen-bond donors (Lipinski definition) is 1. The lowest BCUT2D eigenvalue weighted by atomic mass is 10.0. The number of hydrogen-bond acceptors (Lipinski definition) is 3. The molecule has 0 spiro atoms. The van der Waals surface area contributed by atoms with Gasteiger partial charge >= 0.3 is 0 Å². The first-order chi connectivity index (χ1) is 11.6. The predicted octanol–water partition coefficient (Wildman–Crippen LogP) is 2.82. The second-order valence-corrected chi connectivity index (χ2v) is 7.58. The molecular formula is C18H25Cl2N3O. The number of benzene rings is 1. The highest BCUT2D eigenvalue weighted by Crippen LogP contribution is 2.24. The first kappa shape index (κ1) is 18.0. The van der Waals surface area contributed by atoms with E-state index in [1.807, 2.05) is 6.07 Å². The van der Waals surface area contributed by atoms with Crippen LogP contribution < -0.4 is 5.32 Å². The van der Waals surface area contributed by atoms with E-state index in [0.29, 0.717) is 22.5 Å². The Balaban J connectivity index is 1.69. The van der Waals surface area contributed by atoms with Crippen LogP contribution in [-0.4, -0.2) is 60.5 Å². The number of nitrogens with one attached hydrogen (secondary N) is 1. The van der Waals surface area contributed by atoms with E-state index in [9.17, 15) is 4.79 Å². The third-order valence-corrected chi connectivity index (χ3v) is 5.96. The van der Waals surface area contributed by atoms with Gasteiger partial charge in [0.05, 0.1) is 22.5 Å². The first-order valence-corrected chi connectivity index (χ1v) is 9.50. The summed E-state index contributed by atoms with van der Waals surface area (Å²) in [5, 5.41) is 4.47. The average Bonchev–Trinajstić information content (AvgIpc) is 3.12. The van der Waals surface area contributed by atoms with E-state index in [1.165, 1.54) is 12.8 Å². The number of rotatable bonds is 4. The Morgan fingerprint density at radius 1 is 1.25 bits per heavy atom. The van der Waals surface area contributed by atoms with Crippen LogP contribution in [0.2, 0.25) is 10.0 Å². The molecule has 1 N–H and O–H groups in total. The maximum Gasteiger partial charge on any atom is 0.227 e. The molecule has 0 aromatic heterocycles. The number of amides is 1. The van der Waals surface area contributed by atoms with Crippen molar-refractivity contribution in [3.8, 4) is 0 Å². The van der Waals surface area contributed by atoms with Gasteiger partial charge in [-0.05, 0) is 50.6 Å². The molecule has 2 fully saturated rings. The van der Waals surface area contributed by atoms with Crippen molar-refractivity contribution in [2.75, 3.05) is 32.7 Å². The summed E-state index contributed by atoms with van der Waals surface area (Å²) in [5.74, 6) is 0.172. The number of halogens is 2. The largest absolute Gasteiger partial charge is 0.335 e. The van der Waals surface area contributed by atoms with Crippen molar-refractivity contribution in [1.82, 2.24) is 15.1 Å². The molecule has 0 saturated carbocycles. The summed E-state index contributed by atoms with van der Waals surface area (Å²) in [5.41, 5.74) is 0.917. The number of likely N-dealkylation sites (tertiary alicyclic amines) is 1. The van der Waals surface area contributed by atoms with Gasteiger partial charge in [-0.25, -0.2) is 0 Å². The molecule has 1 amide bonds. The Hall–Kier alpha value is -0.810. The van der Waals surface area contributed by atoms with Gasteiger partial charge < -0.3 is 10.2 Å². The second kappa shape index (κ2) is 8.05. The summed E-state index contributed by atoms with van der Waals surface area (Å²) in [6.07, 6.45) is 2.91. The number of carbonyl (C=O) groups is 1. The molecule has 1 aromatic carbocycles. The lowest BCUT2D eigenvalue weighted by Gasteiger charge is -2.42. The van der Waals surface area contributed by atoms with Crippen LogP contribution >= 0.6 is 23.2 Å². The van der Waals surface area contributed by atoms with E-state index in [-0.39, 0.29) is 11.9 Å². The number of carbonyl (C=O) groups excluding carboxylic acids is 1. The van der Waals surface area contributed by atoms with Crippen molar-refractivity contribution in [1.29, 1.82) is 0 Å². The fraction of sp³-hybridized carbons (Fsp3) is 0.611. The van der Waals surface area contributed by atoms with Crippen LogP contribution in [0.5, 0.6) is 0 Å². The Bertz CT molecular complexity index is 590. The Labute approximate surface area is 154 Å². The van der Waals surface area contributed by atoms with E-state index in [0.717, 1.165) is 38.3 Å². The van der Waals surface area contributed by atoms with Crippen molar-refractivity contribution in [2.45, 2.75) is 38.3 Å². The summed E-state index contributed by atoms with van der Waals surface area (Å²) in [6, 6.07) is 6.05. The summed E-state index contributed by atoms with van der Waals surface area (Å²) in [4.78, 5) is 17.5. The molecule has 0 radical (unpaired) electrons. The topological polar surface area (TPSA) is 35.6 Å². The first-order valence-electron chi connectivity index (χ1n) is 8.74. The third kappa shape index (κ3) is 4.05. The minimum absolute atomic E-state index is 0.172. The quantitative estimate of drug-likeness (QED) is 0.886. The minimum Gasteiger partial charge on any atom is -0.335 e. The highest BCUT2D eigenvalue weighted by Gasteiger charge is 2.34. The normalized spacial score (nSPS) is 23.5. The standard InChI is InChI=1S/C18H25Cl2N3O/c1-13(22-7-2-3-8-22)17-12-21-6-9-23(17)18(24)11-14-4-5-15(19)16(20)10-14/h4-5,10,13,17,21H,2-3,6-9,11-12H2,1H3/t13-,17-/m1/s1. The molecule has 3 rings (SSSR count). The summed E-state index contributed by atoms with van der Waals surface area (Å²) < 4.78 is 0. The maximum absolute atomic E-state index is 12.9. The van der Waals surface area contributed by atoms with Gasteiger partial charge in [-0.2, -0.15) is 0 Å². The molecule has 2 heterocycles. The van der Waals surface area contributed by atoms with Gasteiger partial charge in [0, 0.05) is 25.7 Å². The molecule has 0 bridgehead atoms. The molecule has 1 aromatic rings. The fourth-order valence-electron chi connectivity index (χ4n) is 3.78. The lowest BCUT2D eigenvalue weighted by molar-refractivity contribution is -0.135. The molecular weight excluding hydrogens is 345 g/mol. The fourth-order valence-corrected chi connectivity index (χ4v) is 4.10. The van der Waals surface area contributed by atoms with Gasteiger partial charge in [0.2, 0.25) is 5.91 Å². The zero-order valence-corrected chi connectivity index (χ0v) is 15.6. The van der Waals surface area contributed by atoms with Crippen LogP contribution in [0.4, 0.5) is 0 Å². The SMILES string of the molecule is C[C@H]([C@H]1CNCCN1C(=O)Cc1ccc(Cl)c(Cl)c1)N1CCCC1. The zero-order chi connectivity index (χ0) is 17.1. The van der Waals surface area contributed by atoms with Crippen LogP contribution in [0, 0.1) is 0 Å². The van der Waals surface area contributed by atoms with Crippen LogP contribution in [0.15, 0.2) is 18.2 Å². The number of nitrogens with zero attached hydrogens (tertiary/aromatic N) is 2. The molecule has 4 nitrogen and oxygen atoms in total. The van der Waals surface area contributed by atoms with Gasteiger partial charge in [-0.1, -0.05) is 29.3 Å². The van der Waals surface area contributed by atoms with E-state index in [4.69, 9.17) is 23.2 Å². The summed E-state index contributed by atoms with van der Waals surface area (Å²) >= 11 is 12.0. The molecule has 2 saturated heterocycles. The highest BCUT2D eigenvalue weighted by molar-refractivity contribution is 6.42. The monoisotopic (exact) mass is 369 g/mol. The molecule has 2 atom stereocenters. The van der Waals surface area contributed by atoms with E-state index < -0.39 is 0 Å². The molecule has 0 unspecified atom stereocenters. The third-order valence-electron chi connectivity index (χ3n) is 5.22. The highest BCUT2D eigenvalue weighted by atomic mass is 35.5. The lowest BCUT2D eigenvalue weighted by Crippen LogP contribution is -2.61. The average molecular weight is 370 g/mol. The summed E-state index contributed by atoms with van der Waals surface area (Å²) in [7, 11) is 0. The Morgan fingerprint density at radius 3 is 2.71 bits per heavy atom. The molecule has 2 aliphatic heterocycles. The predicted molar refractivity (Wildman–Crippen MR) is 98.8 cm³/mol. The maximum atomic E-state index is 12.9. The molecule has 132 valence electrons. The van der Waals surface area contributed by atoms with Crippen molar-refractivity contribution in [2.24, 2.45) is 0 Å². The van der Waals surface area contributed by atoms with Crippen molar-refractivity contribution < 1.29 is 4.79 Å². The van der Waals surface area contributed by atoms with E-state index >= 15 is 0 Å². The van der Waals surface area contributed by atoms with Crippen LogP contribution in [0.3, 0.4) is 0 Å². The van der Waals surface area contributed by atoms with Crippen molar-refractivity contribution >= 4 is 29.1 Å². The number of piperazine rings is 1. The van der Waals surface area contributed by atoms with Gasteiger partial charge in [-0.3, -0.25) is 9.69 Å². The van der Waals surface area contributed by atoms with Gasteiger partial charge in [-0.15, -0.1) is 0 Å². The van der Waals surface area contributed by atoms with E-state index in [1.54, 1.807) is 12.1 Å². The molecule has 2 aliphatic rings.